The van der Waals surface area contributed by atoms with Crippen LogP contribution in [0.2, 0.25) is 0 Å². The van der Waals surface area contributed by atoms with E-state index in [4.69, 9.17) is 9.15 Å². The van der Waals surface area contributed by atoms with Gasteiger partial charge in [0.25, 0.3) is 5.95 Å². The van der Waals surface area contributed by atoms with E-state index in [2.05, 4.69) is 12.1 Å². The SMILES string of the molecule is O=Cc1ccc(Oc2ccc3c(c2)CCCC3)o1. The van der Waals surface area contributed by atoms with Gasteiger partial charge < -0.3 is 9.15 Å². The molecule has 3 rings (SSSR count). The first-order valence-corrected chi connectivity index (χ1v) is 6.20. The summed E-state index contributed by atoms with van der Waals surface area (Å²) in [4.78, 5) is 10.5. The zero-order valence-electron chi connectivity index (χ0n) is 10.0. The Bertz CT molecular complexity index is 569. The number of rotatable bonds is 3. The van der Waals surface area contributed by atoms with Gasteiger partial charge in [0.15, 0.2) is 12.0 Å². The Labute approximate surface area is 105 Å². The van der Waals surface area contributed by atoms with Crippen molar-refractivity contribution in [1.82, 2.24) is 0 Å². The van der Waals surface area contributed by atoms with Gasteiger partial charge in [-0.05, 0) is 55.0 Å². The number of fused-ring (bicyclic) bond motifs is 1. The summed E-state index contributed by atoms with van der Waals surface area (Å²) in [6, 6.07) is 9.39. The van der Waals surface area contributed by atoms with Crippen LogP contribution in [0.15, 0.2) is 34.7 Å². The summed E-state index contributed by atoms with van der Waals surface area (Å²) < 4.78 is 10.8. The number of benzene rings is 1. The number of hydrogen-bond donors (Lipinski definition) is 0. The van der Waals surface area contributed by atoms with E-state index >= 15 is 0 Å². The van der Waals surface area contributed by atoms with Crippen molar-refractivity contribution >= 4 is 6.29 Å². The van der Waals surface area contributed by atoms with E-state index in [1.54, 1.807) is 12.1 Å². The lowest BCUT2D eigenvalue weighted by atomic mass is 9.92. The van der Waals surface area contributed by atoms with Crippen LogP contribution in [0.5, 0.6) is 11.7 Å². The van der Waals surface area contributed by atoms with Crippen molar-refractivity contribution < 1.29 is 13.9 Å². The summed E-state index contributed by atoms with van der Waals surface area (Å²) in [5.74, 6) is 1.40. The zero-order valence-corrected chi connectivity index (χ0v) is 10.0. The fraction of sp³-hybridized carbons (Fsp3) is 0.267. The quantitative estimate of drug-likeness (QED) is 0.769. The smallest absolute Gasteiger partial charge is 0.290 e. The molecule has 18 heavy (non-hydrogen) atoms. The van der Waals surface area contributed by atoms with Crippen LogP contribution in [-0.4, -0.2) is 6.29 Å². The van der Waals surface area contributed by atoms with Crippen molar-refractivity contribution in [2.75, 3.05) is 0 Å². The molecule has 0 aliphatic heterocycles. The van der Waals surface area contributed by atoms with Crippen LogP contribution in [0.1, 0.15) is 34.5 Å². The zero-order chi connectivity index (χ0) is 12.4. The van der Waals surface area contributed by atoms with Crippen LogP contribution in [0.3, 0.4) is 0 Å². The molecule has 0 unspecified atom stereocenters. The van der Waals surface area contributed by atoms with E-state index in [-0.39, 0.29) is 5.76 Å². The highest BCUT2D eigenvalue weighted by molar-refractivity contribution is 5.70. The van der Waals surface area contributed by atoms with E-state index in [9.17, 15) is 4.79 Å². The molecule has 1 aliphatic rings. The molecule has 0 atom stereocenters. The number of furan rings is 1. The van der Waals surface area contributed by atoms with E-state index in [1.807, 2.05) is 6.07 Å². The molecule has 1 aliphatic carbocycles. The molecule has 0 bridgehead atoms. The van der Waals surface area contributed by atoms with Crippen LogP contribution in [-0.2, 0) is 12.8 Å². The first-order chi connectivity index (χ1) is 8.85. The number of aryl methyl sites for hydroxylation is 2. The maximum Gasteiger partial charge on any atom is 0.290 e. The molecule has 0 spiro atoms. The first kappa shape index (κ1) is 11.1. The molecule has 0 amide bonds. The van der Waals surface area contributed by atoms with Crippen molar-refractivity contribution in [1.29, 1.82) is 0 Å². The molecule has 1 aromatic carbocycles. The van der Waals surface area contributed by atoms with Crippen molar-refractivity contribution in [2.24, 2.45) is 0 Å². The molecule has 0 saturated heterocycles. The van der Waals surface area contributed by atoms with Gasteiger partial charge in [-0.15, -0.1) is 0 Å². The predicted octanol–water partition coefficient (Wildman–Crippen LogP) is 3.76. The molecule has 0 saturated carbocycles. The van der Waals surface area contributed by atoms with E-state index in [0.717, 1.165) is 18.6 Å². The normalized spacial score (nSPS) is 14.0. The van der Waals surface area contributed by atoms with Crippen LogP contribution in [0.25, 0.3) is 0 Å². The van der Waals surface area contributed by atoms with Gasteiger partial charge in [-0.25, -0.2) is 0 Å². The Kier molecular flexibility index (Phi) is 2.89. The highest BCUT2D eigenvalue weighted by Crippen LogP contribution is 2.28. The van der Waals surface area contributed by atoms with Gasteiger partial charge in [-0.1, -0.05) is 6.07 Å². The van der Waals surface area contributed by atoms with Gasteiger partial charge >= 0.3 is 0 Å². The minimum Gasteiger partial charge on any atom is -0.426 e. The summed E-state index contributed by atoms with van der Waals surface area (Å²) in [7, 11) is 0. The Morgan fingerprint density at radius 1 is 1.06 bits per heavy atom. The number of aldehydes is 1. The van der Waals surface area contributed by atoms with Crippen molar-refractivity contribution in [3.63, 3.8) is 0 Å². The van der Waals surface area contributed by atoms with Gasteiger partial charge in [-0.2, -0.15) is 0 Å². The molecular weight excluding hydrogens is 228 g/mol. The molecule has 0 N–H and O–H groups in total. The molecule has 3 heteroatoms. The lowest BCUT2D eigenvalue weighted by Gasteiger charge is -2.16. The highest BCUT2D eigenvalue weighted by atomic mass is 16.6. The van der Waals surface area contributed by atoms with Gasteiger partial charge in [0, 0.05) is 6.07 Å². The van der Waals surface area contributed by atoms with Gasteiger partial charge in [0.05, 0.1) is 0 Å². The number of carbonyl (C=O) groups excluding carboxylic acids is 1. The van der Waals surface area contributed by atoms with Gasteiger partial charge in [-0.3, -0.25) is 4.79 Å². The average molecular weight is 242 g/mol. The Hall–Kier alpha value is -2.03. The average Bonchev–Trinajstić information content (AvgIpc) is 2.86. The molecule has 3 nitrogen and oxygen atoms in total. The van der Waals surface area contributed by atoms with E-state index in [0.29, 0.717) is 12.2 Å². The third-order valence-corrected chi connectivity index (χ3v) is 3.26. The van der Waals surface area contributed by atoms with Crippen molar-refractivity contribution in [2.45, 2.75) is 25.7 Å². The third kappa shape index (κ3) is 2.16. The molecule has 0 fully saturated rings. The monoisotopic (exact) mass is 242 g/mol. The molecule has 1 aromatic heterocycles. The second kappa shape index (κ2) is 4.69. The van der Waals surface area contributed by atoms with Crippen LogP contribution >= 0.6 is 0 Å². The summed E-state index contributed by atoms with van der Waals surface area (Å²) in [5, 5.41) is 0. The van der Waals surface area contributed by atoms with Crippen molar-refractivity contribution in [3.8, 4) is 11.7 Å². The Morgan fingerprint density at radius 2 is 1.89 bits per heavy atom. The second-order valence-corrected chi connectivity index (χ2v) is 4.51. The largest absolute Gasteiger partial charge is 0.426 e. The summed E-state index contributed by atoms with van der Waals surface area (Å²) in [5.41, 5.74) is 2.78. The van der Waals surface area contributed by atoms with Crippen molar-refractivity contribution in [3.05, 3.63) is 47.2 Å². The predicted molar refractivity (Wildman–Crippen MR) is 67.3 cm³/mol. The third-order valence-electron chi connectivity index (χ3n) is 3.26. The van der Waals surface area contributed by atoms with E-state index < -0.39 is 0 Å². The molecule has 2 aromatic rings. The lowest BCUT2D eigenvalue weighted by Crippen LogP contribution is -2.02. The minimum atomic E-state index is 0.281. The summed E-state index contributed by atoms with van der Waals surface area (Å²) in [6.07, 6.45) is 5.45. The standard InChI is InChI=1S/C15H14O3/c16-10-14-7-8-15(18-14)17-13-6-5-11-3-1-2-4-12(11)9-13/h5-10H,1-4H2. The minimum absolute atomic E-state index is 0.281. The molecule has 92 valence electrons. The Morgan fingerprint density at radius 3 is 2.67 bits per heavy atom. The fourth-order valence-corrected chi connectivity index (χ4v) is 2.34. The molecule has 0 radical (unpaired) electrons. The fourth-order valence-electron chi connectivity index (χ4n) is 2.34. The topological polar surface area (TPSA) is 39.4 Å². The molecular formula is C15H14O3. The summed E-state index contributed by atoms with van der Waals surface area (Å²) >= 11 is 0. The van der Waals surface area contributed by atoms with Gasteiger partial charge in [0.1, 0.15) is 5.75 Å². The number of ether oxygens (including phenoxy) is 1. The van der Waals surface area contributed by atoms with Crippen LogP contribution in [0, 0.1) is 0 Å². The van der Waals surface area contributed by atoms with Crippen LogP contribution < -0.4 is 4.74 Å². The van der Waals surface area contributed by atoms with Gasteiger partial charge in [0.2, 0.25) is 0 Å². The highest BCUT2D eigenvalue weighted by Gasteiger charge is 2.11. The molecule has 1 heterocycles. The van der Waals surface area contributed by atoms with E-state index in [1.165, 1.54) is 24.0 Å². The van der Waals surface area contributed by atoms with Crippen LogP contribution in [0.4, 0.5) is 0 Å². The second-order valence-electron chi connectivity index (χ2n) is 4.51. The Balaban J connectivity index is 1.82. The summed E-state index contributed by atoms with van der Waals surface area (Å²) in [6.45, 7) is 0. The number of carbonyl (C=O) groups is 1. The maximum absolute atomic E-state index is 10.5. The maximum atomic E-state index is 10.5. The first-order valence-electron chi connectivity index (χ1n) is 6.20. The number of hydrogen-bond acceptors (Lipinski definition) is 3. The lowest BCUT2D eigenvalue weighted by molar-refractivity contribution is 0.109.